The second-order valence-electron chi connectivity index (χ2n) is 7.32. The summed E-state index contributed by atoms with van der Waals surface area (Å²) in [5.74, 6) is -0.555. The largest absolute Gasteiger partial charge is 0.326 e. The first kappa shape index (κ1) is 20.3. The molecule has 28 heavy (non-hydrogen) atoms. The lowest BCUT2D eigenvalue weighted by Crippen LogP contribution is -2.32. The molecular formula is C19H25N3O5S. The molecular weight excluding hydrogens is 382 g/mol. The SMILES string of the molecule is CN1CC(=O)N(CCCC(=O)Nc2cccc(S(=O)(=O)C3CCCC3)c2)C1=O. The van der Waals surface area contributed by atoms with Crippen LogP contribution in [0.15, 0.2) is 29.2 Å². The first-order chi connectivity index (χ1) is 13.3. The molecule has 1 aliphatic carbocycles. The summed E-state index contributed by atoms with van der Waals surface area (Å²) in [7, 11) is -1.82. The number of hydrogen-bond acceptors (Lipinski definition) is 5. The molecule has 3 rings (SSSR count). The van der Waals surface area contributed by atoms with Crippen molar-refractivity contribution in [3.8, 4) is 0 Å². The Bertz CT molecular complexity index is 877. The Morgan fingerprint density at radius 2 is 1.93 bits per heavy atom. The molecule has 0 radical (unpaired) electrons. The summed E-state index contributed by atoms with van der Waals surface area (Å²) in [6, 6.07) is 5.97. The van der Waals surface area contributed by atoms with Gasteiger partial charge in [-0.2, -0.15) is 0 Å². The van der Waals surface area contributed by atoms with E-state index in [4.69, 9.17) is 0 Å². The molecule has 1 heterocycles. The number of likely N-dealkylation sites (N-methyl/N-ethyl adjacent to an activating group) is 1. The maximum Gasteiger partial charge on any atom is 0.326 e. The average molecular weight is 407 g/mol. The zero-order valence-electron chi connectivity index (χ0n) is 15.9. The van der Waals surface area contributed by atoms with Gasteiger partial charge in [-0.05, 0) is 37.5 Å². The van der Waals surface area contributed by atoms with Gasteiger partial charge in [0.15, 0.2) is 9.84 Å². The van der Waals surface area contributed by atoms with E-state index in [-0.39, 0.29) is 47.5 Å². The molecule has 1 aromatic carbocycles. The topological polar surface area (TPSA) is 104 Å². The number of anilines is 1. The number of nitrogens with zero attached hydrogens (tertiary/aromatic N) is 2. The van der Waals surface area contributed by atoms with Gasteiger partial charge in [0.05, 0.1) is 10.1 Å². The minimum absolute atomic E-state index is 0.0628. The van der Waals surface area contributed by atoms with Gasteiger partial charge in [0.1, 0.15) is 6.54 Å². The van der Waals surface area contributed by atoms with E-state index in [0.717, 1.165) is 17.7 Å². The van der Waals surface area contributed by atoms with Gasteiger partial charge in [0.2, 0.25) is 11.8 Å². The maximum absolute atomic E-state index is 12.7. The van der Waals surface area contributed by atoms with Crippen molar-refractivity contribution in [1.82, 2.24) is 9.80 Å². The molecule has 152 valence electrons. The molecule has 0 spiro atoms. The Balaban J connectivity index is 1.54. The van der Waals surface area contributed by atoms with Gasteiger partial charge in [0.25, 0.3) is 0 Å². The molecule has 1 N–H and O–H groups in total. The molecule has 2 aliphatic rings. The lowest BCUT2D eigenvalue weighted by molar-refractivity contribution is -0.125. The molecule has 4 amide bonds. The van der Waals surface area contributed by atoms with Crippen LogP contribution in [0.3, 0.4) is 0 Å². The van der Waals surface area contributed by atoms with E-state index in [9.17, 15) is 22.8 Å². The number of rotatable bonds is 7. The number of benzene rings is 1. The summed E-state index contributed by atoms with van der Waals surface area (Å²) >= 11 is 0. The van der Waals surface area contributed by atoms with E-state index in [1.807, 2.05) is 0 Å². The Kier molecular flexibility index (Phi) is 6.02. The van der Waals surface area contributed by atoms with Crippen molar-refractivity contribution in [2.75, 3.05) is 25.5 Å². The van der Waals surface area contributed by atoms with Crippen LogP contribution in [0.1, 0.15) is 38.5 Å². The third-order valence-corrected chi connectivity index (χ3v) is 7.46. The zero-order valence-corrected chi connectivity index (χ0v) is 16.7. The third kappa shape index (κ3) is 4.35. The van der Waals surface area contributed by atoms with Crippen molar-refractivity contribution in [1.29, 1.82) is 0 Å². The number of carbonyl (C=O) groups excluding carboxylic acids is 3. The van der Waals surface area contributed by atoms with Gasteiger partial charge in [-0.25, -0.2) is 13.2 Å². The Labute approximate surface area is 164 Å². The maximum atomic E-state index is 12.7. The number of urea groups is 1. The minimum Gasteiger partial charge on any atom is -0.326 e. The Hall–Kier alpha value is -2.42. The molecule has 1 aromatic rings. The molecule has 8 nitrogen and oxygen atoms in total. The fourth-order valence-electron chi connectivity index (χ4n) is 3.65. The summed E-state index contributed by atoms with van der Waals surface area (Å²) in [5.41, 5.74) is 0.428. The fourth-order valence-corrected chi connectivity index (χ4v) is 5.55. The number of amides is 4. The lowest BCUT2D eigenvalue weighted by atomic mass is 10.2. The van der Waals surface area contributed by atoms with E-state index >= 15 is 0 Å². The van der Waals surface area contributed by atoms with E-state index < -0.39 is 9.84 Å². The second kappa shape index (κ2) is 8.30. The summed E-state index contributed by atoms with van der Waals surface area (Å²) in [6.45, 7) is 0.249. The quantitative estimate of drug-likeness (QED) is 0.697. The van der Waals surface area contributed by atoms with E-state index in [0.29, 0.717) is 24.9 Å². The summed E-state index contributed by atoms with van der Waals surface area (Å²) in [5, 5.41) is 2.36. The van der Waals surface area contributed by atoms with Crippen LogP contribution in [0, 0.1) is 0 Å². The highest BCUT2D eigenvalue weighted by atomic mass is 32.2. The molecule has 1 saturated heterocycles. The molecule has 0 unspecified atom stereocenters. The molecule has 2 fully saturated rings. The van der Waals surface area contributed by atoms with E-state index in [2.05, 4.69) is 5.32 Å². The standard InChI is InChI=1S/C19H25N3O5S/c1-21-13-18(24)22(19(21)25)11-5-10-17(23)20-14-6-4-9-16(12-14)28(26,27)15-7-2-3-8-15/h4,6,9,12,15H,2-3,5,7-8,10-11,13H2,1H3,(H,20,23). The van der Waals surface area contributed by atoms with Crippen molar-refractivity contribution in [3.05, 3.63) is 24.3 Å². The third-order valence-electron chi connectivity index (χ3n) is 5.20. The smallest absolute Gasteiger partial charge is 0.326 e. The second-order valence-corrected chi connectivity index (χ2v) is 9.54. The highest BCUT2D eigenvalue weighted by Gasteiger charge is 2.33. The summed E-state index contributed by atoms with van der Waals surface area (Å²) in [6.07, 6.45) is 3.69. The van der Waals surface area contributed by atoms with Crippen molar-refractivity contribution >= 4 is 33.4 Å². The molecule has 1 saturated carbocycles. The number of nitrogens with one attached hydrogen (secondary N) is 1. The highest BCUT2D eigenvalue weighted by molar-refractivity contribution is 7.92. The van der Waals surface area contributed by atoms with Gasteiger partial charge < -0.3 is 10.2 Å². The van der Waals surface area contributed by atoms with Crippen LogP contribution in [0.2, 0.25) is 0 Å². The monoisotopic (exact) mass is 407 g/mol. The van der Waals surface area contributed by atoms with Crippen molar-refractivity contribution < 1.29 is 22.8 Å². The van der Waals surface area contributed by atoms with Crippen LogP contribution in [-0.4, -0.2) is 61.5 Å². The number of imide groups is 1. The first-order valence-corrected chi connectivity index (χ1v) is 11.0. The first-order valence-electron chi connectivity index (χ1n) is 9.48. The lowest BCUT2D eigenvalue weighted by Gasteiger charge is -2.14. The number of sulfone groups is 1. The fraction of sp³-hybridized carbons (Fsp3) is 0.526. The predicted octanol–water partition coefficient (Wildman–Crippen LogP) is 2.02. The molecule has 0 bridgehead atoms. The summed E-state index contributed by atoms with van der Waals surface area (Å²) < 4.78 is 25.4. The van der Waals surface area contributed by atoms with E-state index in [1.165, 1.54) is 11.0 Å². The normalized spacial score (nSPS) is 18.2. The molecule has 0 aromatic heterocycles. The van der Waals surface area contributed by atoms with Gasteiger partial charge in [-0.3, -0.25) is 14.5 Å². The average Bonchev–Trinajstić information content (AvgIpc) is 3.27. The van der Waals surface area contributed by atoms with Crippen LogP contribution in [-0.2, 0) is 19.4 Å². The van der Waals surface area contributed by atoms with Crippen LogP contribution < -0.4 is 5.32 Å². The Morgan fingerprint density at radius 3 is 2.57 bits per heavy atom. The number of carbonyl (C=O) groups is 3. The van der Waals surface area contributed by atoms with Gasteiger partial charge in [0, 0.05) is 25.7 Å². The molecule has 0 atom stereocenters. The van der Waals surface area contributed by atoms with Crippen LogP contribution in [0.5, 0.6) is 0 Å². The predicted molar refractivity (Wildman–Crippen MR) is 103 cm³/mol. The van der Waals surface area contributed by atoms with Gasteiger partial charge >= 0.3 is 6.03 Å². The van der Waals surface area contributed by atoms with Crippen LogP contribution in [0.4, 0.5) is 10.5 Å². The highest BCUT2D eigenvalue weighted by Crippen LogP contribution is 2.30. The van der Waals surface area contributed by atoms with Crippen LogP contribution in [0.25, 0.3) is 0 Å². The zero-order chi connectivity index (χ0) is 20.3. The van der Waals surface area contributed by atoms with Gasteiger partial charge in [-0.15, -0.1) is 0 Å². The Morgan fingerprint density at radius 1 is 1.21 bits per heavy atom. The summed E-state index contributed by atoms with van der Waals surface area (Å²) in [4.78, 5) is 38.4. The van der Waals surface area contributed by atoms with Crippen LogP contribution >= 0.6 is 0 Å². The van der Waals surface area contributed by atoms with Crippen molar-refractivity contribution in [3.63, 3.8) is 0 Å². The molecule has 9 heteroatoms. The van der Waals surface area contributed by atoms with E-state index in [1.54, 1.807) is 25.2 Å². The van der Waals surface area contributed by atoms with Gasteiger partial charge in [-0.1, -0.05) is 18.9 Å². The van der Waals surface area contributed by atoms with Crippen molar-refractivity contribution in [2.45, 2.75) is 48.7 Å². The van der Waals surface area contributed by atoms with Crippen molar-refractivity contribution in [2.24, 2.45) is 0 Å². The number of hydrogen-bond donors (Lipinski definition) is 1. The minimum atomic E-state index is -3.38. The molecule has 1 aliphatic heterocycles.